The van der Waals surface area contributed by atoms with E-state index in [-0.39, 0.29) is 42.7 Å². The molecular formula is C61H54Cl4N8O2. The van der Waals surface area contributed by atoms with Crippen LogP contribution in [0.4, 0.5) is 11.4 Å². The molecule has 1 aliphatic rings. The molecule has 7 aromatic carbocycles. The first-order chi connectivity index (χ1) is 35.8. The molecule has 10 aromatic rings. The molecule has 14 heteroatoms. The number of nitrogen functional groups attached to an aromatic ring is 1. The molecule has 378 valence electrons. The van der Waals surface area contributed by atoms with Crippen LogP contribution in [0.25, 0.3) is 32.7 Å². The average molecular weight is 1070 g/mol. The summed E-state index contributed by atoms with van der Waals surface area (Å²) in [6.07, 6.45) is 8.49. The molecule has 0 saturated heterocycles. The van der Waals surface area contributed by atoms with Gasteiger partial charge in [0, 0.05) is 95.3 Å². The number of aliphatic imine (C=N–C) groups is 2. The van der Waals surface area contributed by atoms with Crippen molar-refractivity contribution < 1.29 is 9.59 Å². The lowest BCUT2D eigenvalue weighted by Crippen LogP contribution is -2.12. The molecule has 75 heavy (non-hydrogen) atoms. The fraction of sp³-hybridized carbons (Fsp3) is 0.115. The summed E-state index contributed by atoms with van der Waals surface area (Å²) in [5, 5.41) is 22.9. The Balaban J connectivity index is 0.000000176. The van der Waals surface area contributed by atoms with Gasteiger partial charge >= 0.3 is 0 Å². The third-order valence-electron chi connectivity index (χ3n) is 11.6. The van der Waals surface area contributed by atoms with Gasteiger partial charge in [0.2, 0.25) is 5.78 Å². The zero-order valence-corrected chi connectivity index (χ0v) is 44.8. The van der Waals surface area contributed by atoms with Crippen molar-refractivity contribution in [2.24, 2.45) is 31.1 Å². The fourth-order valence-corrected chi connectivity index (χ4v) is 8.10. The number of fused-ring (bicyclic) bond motifs is 4. The summed E-state index contributed by atoms with van der Waals surface area (Å²) < 4.78 is 5.89. The normalized spacial score (nSPS) is 10.7. The predicted molar refractivity (Wildman–Crippen MR) is 313 cm³/mol. The van der Waals surface area contributed by atoms with E-state index < -0.39 is 0 Å². The molecule has 0 aliphatic carbocycles. The maximum atomic E-state index is 12.7. The third-order valence-corrected chi connectivity index (χ3v) is 12.7. The lowest BCUT2D eigenvalue weighted by Gasteiger charge is -2.01. The molecule has 11 rings (SSSR count). The molecule has 2 N–H and O–H groups in total. The highest BCUT2D eigenvalue weighted by atomic mass is 35.5. The predicted octanol–water partition coefficient (Wildman–Crippen LogP) is 15.6. The largest absolute Gasteiger partial charge is 0.398 e. The van der Waals surface area contributed by atoms with Gasteiger partial charge in [-0.3, -0.25) is 19.6 Å². The number of nitriles is 2. The number of para-hydroxylation sites is 5. The Kier molecular flexibility index (Phi) is 22.2. The van der Waals surface area contributed by atoms with Crippen LogP contribution < -0.4 is 5.73 Å². The van der Waals surface area contributed by atoms with Gasteiger partial charge in [0.1, 0.15) is 6.07 Å². The van der Waals surface area contributed by atoms with E-state index in [9.17, 15) is 14.9 Å². The maximum absolute atomic E-state index is 12.7. The summed E-state index contributed by atoms with van der Waals surface area (Å²) in [6, 6.07) is 60.0. The summed E-state index contributed by atoms with van der Waals surface area (Å²) in [7, 11) is 5.82. The van der Waals surface area contributed by atoms with Crippen LogP contribution in [0.5, 0.6) is 0 Å². The standard InChI is InChI=1S/C19H14ClN3O.C12H10N2O.C9H9N.C8H7N.C7H7Cl.C6H6ClN.ClH/c1-23-12-15(14-7-3-5-9-18(14)23)19(24)17(10-21)22-11-13-6-2-4-8-16(13)20;1-14-8-10(12(15)6-7-13)9-4-2-3-5-11(9)14;1-10-7-6-8-4-2-3-5-9(8)10;1-2-4-8-7(3-1)5-6-9-8;1-6-4-2-3-5-7(6)8;7-5-3-1-2-4-6(5)8;/h2-9,12H,11H2,1H3;2-5,8H,6H2,1H3;2-7H,1H3;1-4,6H,5H2;2-5H,1H3;1-4H,8H2;1H. The molecule has 0 saturated carbocycles. The van der Waals surface area contributed by atoms with Gasteiger partial charge in [0.05, 0.1) is 41.0 Å². The minimum absolute atomic E-state index is 0. The summed E-state index contributed by atoms with van der Waals surface area (Å²) >= 11 is 17.4. The summed E-state index contributed by atoms with van der Waals surface area (Å²) in [4.78, 5) is 32.7. The van der Waals surface area contributed by atoms with Crippen molar-refractivity contribution in [2.45, 2.75) is 26.3 Å². The zero-order valence-electron chi connectivity index (χ0n) is 41.7. The van der Waals surface area contributed by atoms with Crippen molar-refractivity contribution in [3.05, 3.63) is 237 Å². The number of nitrogens with zero attached hydrogens (tertiary/aromatic N) is 7. The number of aryl methyl sites for hydroxylation is 4. The number of carbonyl (C=O) groups is 2. The lowest BCUT2D eigenvalue weighted by atomic mass is 10.1. The van der Waals surface area contributed by atoms with E-state index in [0.29, 0.717) is 26.9 Å². The second-order valence-electron chi connectivity index (χ2n) is 16.7. The minimum Gasteiger partial charge on any atom is -0.398 e. The third kappa shape index (κ3) is 15.9. The first kappa shape index (κ1) is 57.7. The van der Waals surface area contributed by atoms with Gasteiger partial charge in [-0.2, -0.15) is 10.5 Å². The molecule has 10 nitrogen and oxygen atoms in total. The molecular weight excluding hydrogens is 1020 g/mol. The molecule has 0 spiro atoms. The lowest BCUT2D eigenvalue weighted by molar-refractivity contribution is 0.0998. The maximum Gasteiger partial charge on any atom is 0.223 e. The van der Waals surface area contributed by atoms with Crippen LogP contribution >= 0.6 is 47.2 Å². The first-order valence-electron chi connectivity index (χ1n) is 23.3. The number of rotatable bonds is 6. The van der Waals surface area contributed by atoms with Crippen LogP contribution in [0, 0.1) is 29.6 Å². The van der Waals surface area contributed by atoms with Crippen molar-refractivity contribution >= 4 is 115 Å². The van der Waals surface area contributed by atoms with Crippen molar-refractivity contribution in [1.82, 2.24) is 13.7 Å². The molecule has 0 unspecified atom stereocenters. The zero-order chi connectivity index (χ0) is 53.0. The molecule has 0 atom stereocenters. The Morgan fingerprint density at radius 2 is 1.16 bits per heavy atom. The van der Waals surface area contributed by atoms with Crippen LogP contribution in [-0.4, -0.2) is 37.2 Å². The quantitative estimate of drug-likeness (QED) is 0.100. The second-order valence-corrected chi connectivity index (χ2v) is 17.9. The fourth-order valence-electron chi connectivity index (χ4n) is 7.63. The number of halogens is 4. The van der Waals surface area contributed by atoms with Gasteiger partial charge < -0.3 is 19.4 Å². The Morgan fingerprint density at radius 3 is 1.72 bits per heavy atom. The monoisotopic (exact) mass is 1070 g/mol. The summed E-state index contributed by atoms with van der Waals surface area (Å²) in [5.74, 6) is -0.490. The number of ketones is 2. The van der Waals surface area contributed by atoms with E-state index >= 15 is 0 Å². The summed E-state index contributed by atoms with van der Waals surface area (Å²) in [6.45, 7) is 2.18. The van der Waals surface area contributed by atoms with Crippen molar-refractivity contribution in [3.63, 3.8) is 0 Å². The van der Waals surface area contributed by atoms with E-state index in [1.165, 1.54) is 16.5 Å². The highest BCUT2D eigenvalue weighted by Gasteiger charge is 2.19. The molecule has 3 aromatic heterocycles. The Bertz CT molecular complexity index is 3600. The van der Waals surface area contributed by atoms with Crippen LogP contribution in [0.2, 0.25) is 15.1 Å². The number of carbonyl (C=O) groups excluding carboxylic acids is 2. The number of Topliss-reactive ketones (excluding diaryl/α,β-unsaturated/α-hetero) is 2. The number of benzene rings is 7. The smallest absolute Gasteiger partial charge is 0.223 e. The minimum atomic E-state index is -0.374. The average Bonchev–Trinajstić information content (AvgIpc) is 4.22. The number of hydrogen-bond donors (Lipinski definition) is 1. The highest BCUT2D eigenvalue weighted by molar-refractivity contribution is 6.52. The Hall–Kier alpha value is -8.22. The number of hydrogen-bond acceptors (Lipinski definition) is 7. The molecule has 0 amide bonds. The Morgan fingerprint density at radius 1 is 0.627 bits per heavy atom. The van der Waals surface area contributed by atoms with Crippen LogP contribution in [0.15, 0.2) is 204 Å². The number of anilines is 1. The van der Waals surface area contributed by atoms with E-state index in [2.05, 4.69) is 64.2 Å². The van der Waals surface area contributed by atoms with Gasteiger partial charge in [-0.1, -0.05) is 156 Å². The van der Waals surface area contributed by atoms with Crippen LogP contribution in [-0.2, 0) is 34.1 Å². The van der Waals surface area contributed by atoms with Gasteiger partial charge in [-0.15, -0.1) is 12.4 Å². The van der Waals surface area contributed by atoms with E-state index in [0.717, 1.165) is 50.1 Å². The van der Waals surface area contributed by atoms with E-state index in [1.807, 2.05) is 170 Å². The highest BCUT2D eigenvalue weighted by Crippen LogP contribution is 2.25. The molecule has 0 fully saturated rings. The topological polar surface area (TPSA) is 147 Å². The molecule has 0 radical (unpaired) electrons. The molecule has 1 aliphatic heterocycles. The number of aromatic nitrogens is 3. The molecule has 4 heterocycles. The van der Waals surface area contributed by atoms with Gasteiger partial charge in [-0.25, -0.2) is 0 Å². The van der Waals surface area contributed by atoms with Crippen molar-refractivity contribution in [1.29, 1.82) is 10.5 Å². The van der Waals surface area contributed by atoms with Gasteiger partial charge in [-0.05, 0) is 83.6 Å². The van der Waals surface area contributed by atoms with Gasteiger partial charge in [0.25, 0.3) is 0 Å². The molecule has 0 bridgehead atoms. The van der Waals surface area contributed by atoms with E-state index in [1.54, 1.807) is 30.6 Å². The van der Waals surface area contributed by atoms with Crippen molar-refractivity contribution in [2.75, 3.05) is 5.73 Å². The van der Waals surface area contributed by atoms with Crippen LogP contribution in [0.3, 0.4) is 0 Å². The van der Waals surface area contributed by atoms with Crippen LogP contribution in [0.1, 0.15) is 43.8 Å². The van der Waals surface area contributed by atoms with Gasteiger partial charge in [0.15, 0.2) is 11.5 Å². The summed E-state index contributed by atoms with van der Waals surface area (Å²) in [5.41, 5.74) is 14.6. The van der Waals surface area contributed by atoms with E-state index in [4.69, 9.17) is 45.8 Å². The Labute approximate surface area is 458 Å². The van der Waals surface area contributed by atoms with Crippen molar-refractivity contribution in [3.8, 4) is 12.1 Å². The number of nitrogens with two attached hydrogens (primary N) is 1. The first-order valence-corrected chi connectivity index (χ1v) is 24.5. The second kappa shape index (κ2) is 28.9. The SMILES string of the molecule is C1=Nc2ccccc2C1.Cc1ccccc1Cl.Cl.Cn1cc(C(=O)C(C#N)=NCc2ccccc2Cl)c2ccccc21.Cn1cc(C(=O)CC#N)c2ccccc21.Cn1ccc2ccccc21.Nc1ccccc1Cl.